The van der Waals surface area contributed by atoms with E-state index in [1.54, 1.807) is 13.0 Å². The van der Waals surface area contributed by atoms with Gasteiger partial charge in [0.1, 0.15) is 11.8 Å². The summed E-state index contributed by atoms with van der Waals surface area (Å²) in [6, 6.07) is 3.54. The van der Waals surface area contributed by atoms with Gasteiger partial charge in [0, 0.05) is 5.56 Å². The molecule has 13 heavy (non-hydrogen) atoms. The van der Waals surface area contributed by atoms with Gasteiger partial charge in [-0.3, -0.25) is 4.79 Å². The van der Waals surface area contributed by atoms with E-state index in [0.29, 0.717) is 0 Å². The van der Waals surface area contributed by atoms with Crippen molar-refractivity contribution < 1.29 is 15.0 Å². The summed E-state index contributed by atoms with van der Waals surface area (Å²) in [5, 5.41) is 18.0. The highest BCUT2D eigenvalue weighted by atomic mass is 16.4. The molecule has 0 spiro atoms. The highest BCUT2D eigenvalue weighted by Gasteiger charge is 2.17. The van der Waals surface area contributed by atoms with Gasteiger partial charge in [-0.2, -0.15) is 0 Å². The third-order valence-electron chi connectivity index (χ3n) is 1.79. The number of carboxylic acid groups (broad SMARTS) is 1. The van der Waals surface area contributed by atoms with Gasteiger partial charge in [-0.1, -0.05) is 12.1 Å². The molecular formula is C9H11NO3. The van der Waals surface area contributed by atoms with Gasteiger partial charge in [0.05, 0.1) is 0 Å². The van der Waals surface area contributed by atoms with E-state index in [9.17, 15) is 9.90 Å². The summed E-state index contributed by atoms with van der Waals surface area (Å²) in [5.41, 5.74) is 6.42. The van der Waals surface area contributed by atoms with Gasteiger partial charge in [0.2, 0.25) is 0 Å². The second-order valence-corrected chi connectivity index (χ2v) is 2.88. The number of rotatable bonds is 2. The molecule has 0 aromatic heterocycles. The Labute approximate surface area is 75.6 Å². The maximum absolute atomic E-state index is 10.5. The molecule has 1 atom stereocenters. The van der Waals surface area contributed by atoms with Crippen molar-refractivity contribution in [2.24, 2.45) is 5.73 Å². The number of benzene rings is 1. The molecule has 4 heteroatoms. The number of aromatic hydroxyl groups is 1. The van der Waals surface area contributed by atoms with Crippen molar-refractivity contribution in [3.63, 3.8) is 0 Å². The molecule has 0 aliphatic carbocycles. The van der Waals surface area contributed by atoms with Crippen LogP contribution in [0.2, 0.25) is 0 Å². The summed E-state index contributed by atoms with van der Waals surface area (Å²) >= 11 is 0. The third-order valence-corrected chi connectivity index (χ3v) is 1.79. The van der Waals surface area contributed by atoms with Gasteiger partial charge in [-0.25, -0.2) is 0 Å². The van der Waals surface area contributed by atoms with Crippen LogP contribution in [0.5, 0.6) is 5.75 Å². The van der Waals surface area contributed by atoms with Crippen molar-refractivity contribution >= 4 is 5.97 Å². The van der Waals surface area contributed by atoms with E-state index in [0.717, 1.165) is 5.56 Å². The van der Waals surface area contributed by atoms with Crippen LogP contribution in [0.4, 0.5) is 0 Å². The van der Waals surface area contributed by atoms with Crippen LogP contribution in [0.25, 0.3) is 0 Å². The van der Waals surface area contributed by atoms with E-state index in [1.165, 1.54) is 12.1 Å². The van der Waals surface area contributed by atoms with Crippen molar-refractivity contribution in [1.82, 2.24) is 0 Å². The van der Waals surface area contributed by atoms with Gasteiger partial charge in [0.15, 0.2) is 0 Å². The fourth-order valence-electron chi connectivity index (χ4n) is 1.05. The molecule has 0 saturated carbocycles. The van der Waals surface area contributed by atoms with Crippen molar-refractivity contribution in [3.8, 4) is 5.75 Å². The topological polar surface area (TPSA) is 83.6 Å². The monoisotopic (exact) mass is 181 g/mol. The van der Waals surface area contributed by atoms with Gasteiger partial charge < -0.3 is 15.9 Å². The van der Waals surface area contributed by atoms with Crippen molar-refractivity contribution in [1.29, 1.82) is 0 Å². The van der Waals surface area contributed by atoms with Gasteiger partial charge >= 0.3 is 5.97 Å². The first-order valence-corrected chi connectivity index (χ1v) is 3.80. The van der Waals surface area contributed by atoms with Crippen LogP contribution >= 0.6 is 0 Å². The Morgan fingerprint density at radius 3 is 2.62 bits per heavy atom. The van der Waals surface area contributed by atoms with Crippen LogP contribution in [-0.4, -0.2) is 16.2 Å². The SMILES string of the molecule is Cc1ccc([C@H](N)C(=O)O)c(O)c1. The predicted octanol–water partition coefficient (Wildman–Crippen LogP) is 0.785. The van der Waals surface area contributed by atoms with Crippen molar-refractivity contribution in [2.75, 3.05) is 0 Å². The summed E-state index contributed by atoms with van der Waals surface area (Å²) in [7, 11) is 0. The minimum absolute atomic E-state index is 0.0742. The van der Waals surface area contributed by atoms with E-state index in [1.807, 2.05) is 0 Å². The summed E-state index contributed by atoms with van der Waals surface area (Å²) < 4.78 is 0. The Kier molecular flexibility index (Phi) is 2.53. The number of hydrogen-bond donors (Lipinski definition) is 3. The van der Waals surface area contributed by atoms with Crippen LogP contribution in [-0.2, 0) is 4.79 Å². The number of aryl methyl sites for hydroxylation is 1. The molecule has 1 aromatic rings. The molecule has 0 radical (unpaired) electrons. The number of phenolic OH excluding ortho intramolecular Hbond substituents is 1. The molecule has 1 aromatic carbocycles. The molecule has 0 saturated heterocycles. The van der Waals surface area contributed by atoms with Gasteiger partial charge in [0.25, 0.3) is 0 Å². The zero-order valence-electron chi connectivity index (χ0n) is 7.19. The molecule has 70 valence electrons. The zero-order chi connectivity index (χ0) is 10.0. The smallest absolute Gasteiger partial charge is 0.325 e. The van der Waals surface area contributed by atoms with Crippen LogP contribution in [0.15, 0.2) is 18.2 Å². The standard InChI is InChI=1S/C9H11NO3/c1-5-2-3-6(7(11)4-5)8(10)9(12)13/h2-4,8,11H,10H2,1H3,(H,12,13)/t8-/m0/s1. The maximum atomic E-state index is 10.5. The summed E-state index contributed by atoms with van der Waals surface area (Å²) in [4.78, 5) is 10.5. The molecule has 0 amide bonds. The Morgan fingerprint density at radius 1 is 1.54 bits per heavy atom. The molecule has 0 aliphatic heterocycles. The number of carbonyl (C=O) groups is 1. The highest BCUT2D eigenvalue weighted by molar-refractivity contribution is 5.76. The van der Waals surface area contributed by atoms with Crippen LogP contribution < -0.4 is 5.73 Å². The van der Waals surface area contributed by atoms with E-state index in [-0.39, 0.29) is 11.3 Å². The largest absolute Gasteiger partial charge is 0.508 e. The van der Waals surface area contributed by atoms with Crippen LogP contribution in [0, 0.1) is 6.92 Å². The number of phenols is 1. The fraction of sp³-hybridized carbons (Fsp3) is 0.222. The van der Waals surface area contributed by atoms with E-state index in [2.05, 4.69) is 0 Å². The predicted molar refractivity (Wildman–Crippen MR) is 47.4 cm³/mol. The second kappa shape index (κ2) is 3.45. The zero-order valence-corrected chi connectivity index (χ0v) is 7.19. The summed E-state index contributed by atoms with van der Waals surface area (Å²) in [6.07, 6.45) is 0. The lowest BCUT2D eigenvalue weighted by Crippen LogP contribution is -2.20. The first-order chi connectivity index (χ1) is 6.02. The van der Waals surface area contributed by atoms with Gasteiger partial charge in [-0.15, -0.1) is 0 Å². The normalized spacial score (nSPS) is 12.5. The minimum atomic E-state index is -1.17. The molecular weight excluding hydrogens is 170 g/mol. The first-order valence-electron chi connectivity index (χ1n) is 3.80. The molecule has 4 N–H and O–H groups in total. The molecule has 0 heterocycles. The van der Waals surface area contributed by atoms with E-state index < -0.39 is 12.0 Å². The number of aliphatic carboxylic acids is 1. The lowest BCUT2D eigenvalue weighted by Gasteiger charge is -2.09. The van der Waals surface area contributed by atoms with Gasteiger partial charge in [-0.05, 0) is 18.6 Å². The Balaban J connectivity index is 3.08. The Morgan fingerprint density at radius 2 is 2.15 bits per heavy atom. The van der Waals surface area contributed by atoms with E-state index in [4.69, 9.17) is 10.8 Å². The van der Waals surface area contributed by atoms with Crippen LogP contribution in [0.1, 0.15) is 17.2 Å². The lowest BCUT2D eigenvalue weighted by atomic mass is 10.0. The quantitative estimate of drug-likeness (QED) is 0.629. The Bertz CT molecular complexity index is 336. The molecule has 0 aliphatic rings. The molecule has 1 rings (SSSR count). The Hall–Kier alpha value is -1.55. The fourth-order valence-corrected chi connectivity index (χ4v) is 1.05. The second-order valence-electron chi connectivity index (χ2n) is 2.88. The van der Waals surface area contributed by atoms with E-state index >= 15 is 0 Å². The molecule has 0 unspecified atom stereocenters. The van der Waals surface area contributed by atoms with Crippen molar-refractivity contribution in [3.05, 3.63) is 29.3 Å². The maximum Gasteiger partial charge on any atom is 0.325 e. The van der Waals surface area contributed by atoms with Crippen LogP contribution in [0.3, 0.4) is 0 Å². The summed E-state index contributed by atoms with van der Waals surface area (Å²) in [5.74, 6) is -1.23. The van der Waals surface area contributed by atoms with Crippen molar-refractivity contribution in [2.45, 2.75) is 13.0 Å². The lowest BCUT2D eigenvalue weighted by molar-refractivity contribution is -0.138. The minimum Gasteiger partial charge on any atom is -0.508 e. The highest BCUT2D eigenvalue weighted by Crippen LogP contribution is 2.23. The molecule has 4 nitrogen and oxygen atoms in total. The summed E-state index contributed by atoms with van der Waals surface area (Å²) in [6.45, 7) is 1.80. The molecule has 0 fully saturated rings. The first kappa shape index (κ1) is 9.54. The average molecular weight is 181 g/mol. The number of carboxylic acids is 1. The average Bonchev–Trinajstić information content (AvgIpc) is 2.03. The third kappa shape index (κ3) is 1.97. The number of nitrogens with two attached hydrogens (primary N) is 1. The molecule has 0 bridgehead atoms. The number of hydrogen-bond acceptors (Lipinski definition) is 3.